The van der Waals surface area contributed by atoms with E-state index in [0.717, 1.165) is 12.8 Å². The van der Waals surface area contributed by atoms with E-state index < -0.39 is 0 Å². The maximum atomic E-state index is 12.6. The van der Waals surface area contributed by atoms with Crippen molar-refractivity contribution in [1.29, 1.82) is 0 Å². The molecule has 0 radical (unpaired) electrons. The highest BCUT2D eigenvalue weighted by Gasteiger charge is 2.34. The number of hydrogen-bond donors (Lipinski definition) is 1. The molecule has 1 aromatic rings. The van der Waals surface area contributed by atoms with Crippen molar-refractivity contribution in [3.8, 4) is 11.5 Å². The van der Waals surface area contributed by atoms with Crippen molar-refractivity contribution in [2.45, 2.75) is 19.8 Å². The minimum atomic E-state index is -0.368. The van der Waals surface area contributed by atoms with E-state index in [0.29, 0.717) is 34.7 Å². The Hall–Kier alpha value is -2.56. The highest BCUT2D eigenvalue weighted by molar-refractivity contribution is 6.35. The van der Waals surface area contributed by atoms with Crippen LogP contribution in [0.25, 0.3) is 5.57 Å². The maximum Gasteiger partial charge on any atom is 0.255 e. The molecule has 0 aliphatic heterocycles. The lowest BCUT2D eigenvalue weighted by Gasteiger charge is -2.10. The first-order valence-electron chi connectivity index (χ1n) is 7.55. The van der Waals surface area contributed by atoms with E-state index in [1.165, 1.54) is 20.3 Å². The van der Waals surface area contributed by atoms with Crippen LogP contribution in [0.3, 0.4) is 0 Å². The van der Waals surface area contributed by atoms with Crippen molar-refractivity contribution in [1.82, 2.24) is 5.32 Å². The highest BCUT2D eigenvalue weighted by atomic mass is 16.5. The number of nitrogens with one attached hydrogen (secondary N) is 1. The van der Waals surface area contributed by atoms with E-state index in [1.807, 2.05) is 6.92 Å². The third kappa shape index (κ3) is 2.99. The van der Waals surface area contributed by atoms with Gasteiger partial charge in [0.05, 0.1) is 19.8 Å². The summed E-state index contributed by atoms with van der Waals surface area (Å²) >= 11 is 0. The van der Waals surface area contributed by atoms with Gasteiger partial charge < -0.3 is 14.8 Å². The fraction of sp³-hybridized carbons (Fsp3) is 0.333. The van der Waals surface area contributed by atoms with Crippen molar-refractivity contribution in [3.63, 3.8) is 0 Å². The molecule has 5 heteroatoms. The number of ether oxygens (including phenoxy) is 2. The van der Waals surface area contributed by atoms with E-state index >= 15 is 0 Å². The summed E-state index contributed by atoms with van der Waals surface area (Å²) < 4.78 is 10.5. The van der Waals surface area contributed by atoms with Gasteiger partial charge in [0, 0.05) is 12.1 Å². The fourth-order valence-corrected chi connectivity index (χ4v) is 2.59. The Labute approximate surface area is 136 Å². The number of methoxy groups -OCH3 is 2. The SMILES string of the molecule is C=CC1=C(C(=O)NCCCC)C(=O)c2cc(OC)c(OC)cc21. The largest absolute Gasteiger partial charge is 0.493 e. The van der Waals surface area contributed by atoms with Gasteiger partial charge in [-0.25, -0.2) is 0 Å². The van der Waals surface area contributed by atoms with Crippen LogP contribution >= 0.6 is 0 Å². The zero-order valence-electron chi connectivity index (χ0n) is 13.7. The first-order valence-corrected chi connectivity index (χ1v) is 7.55. The Balaban J connectivity index is 2.45. The van der Waals surface area contributed by atoms with Gasteiger partial charge in [0.25, 0.3) is 5.91 Å². The Kier molecular flexibility index (Phi) is 5.21. The molecule has 0 saturated carbocycles. The van der Waals surface area contributed by atoms with E-state index in [9.17, 15) is 9.59 Å². The van der Waals surface area contributed by atoms with Crippen molar-refractivity contribution in [2.75, 3.05) is 20.8 Å². The molecule has 1 aliphatic carbocycles. The second-order valence-electron chi connectivity index (χ2n) is 5.18. The second-order valence-corrected chi connectivity index (χ2v) is 5.18. The van der Waals surface area contributed by atoms with Crippen LogP contribution < -0.4 is 14.8 Å². The second kappa shape index (κ2) is 7.13. The minimum absolute atomic E-state index is 0.126. The summed E-state index contributed by atoms with van der Waals surface area (Å²) in [4.78, 5) is 25.0. The van der Waals surface area contributed by atoms with Gasteiger partial charge in [0.15, 0.2) is 17.3 Å². The Morgan fingerprint density at radius 3 is 2.35 bits per heavy atom. The molecule has 122 valence electrons. The summed E-state index contributed by atoms with van der Waals surface area (Å²) in [7, 11) is 3.03. The summed E-state index contributed by atoms with van der Waals surface area (Å²) in [5.74, 6) is 0.277. The standard InChI is InChI=1S/C18H21NO4/c1-5-7-8-19-18(21)16-11(6-2)12-9-14(22-3)15(23-4)10-13(12)17(16)20/h6,9-10H,2,5,7-8H2,1,3-4H3,(H,19,21). The number of rotatable bonds is 7. The van der Waals surface area contributed by atoms with Crippen LogP contribution in [0.4, 0.5) is 0 Å². The molecular weight excluding hydrogens is 294 g/mol. The number of carbonyl (C=O) groups is 2. The Bertz CT molecular complexity index is 689. The maximum absolute atomic E-state index is 12.6. The number of amides is 1. The average Bonchev–Trinajstić information content (AvgIpc) is 2.85. The van der Waals surface area contributed by atoms with Gasteiger partial charge in [0.1, 0.15) is 0 Å². The molecule has 1 aliphatic rings. The molecule has 0 spiro atoms. The quantitative estimate of drug-likeness (QED) is 0.621. The van der Waals surface area contributed by atoms with Gasteiger partial charge in [-0.15, -0.1) is 0 Å². The van der Waals surface area contributed by atoms with Gasteiger partial charge in [-0.05, 0) is 29.7 Å². The van der Waals surface area contributed by atoms with Gasteiger partial charge >= 0.3 is 0 Å². The molecule has 1 N–H and O–H groups in total. The third-order valence-electron chi connectivity index (χ3n) is 3.80. The van der Waals surface area contributed by atoms with Gasteiger partial charge in [-0.3, -0.25) is 9.59 Å². The van der Waals surface area contributed by atoms with Crippen LogP contribution in [0.1, 0.15) is 35.7 Å². The molecule has 1 amide bonds. The molecule has 23 heavy (non-hydrogen) atoms. The lowest BCUT2D eigenvalue weighted by Crippen LogP contribution is -2.28. The molecule has 0 heterocycles. The van der Waals surface area contributed by atoms with Gasteiger partial charge in [-0.2, -0.15) is 0 Å². The lowest BCUT2D eigenvalue weighted by atomic mass is 10.0. The van der Waals surface area contributed by atoms with Crippen molar-refractivity contribution < 1.29 is 19.1 Å². The predicted octanol–water partition coefficient (Wildman–Crippen LogP) is 2.76. The minimum Gasteiger partial charge on any atom is -0.493 e. The summed E-state index contributed by atoms with van der Waals surface area (Å²) in [5, 5.41) is 2.78. The number of benzene rings is 1. The number of carbonyl (C=O) groups excluding carboxylic acids is 2. The zero-order valence-corrected chi connectivity index (χ0v) is 13.7. The van der Waals surface area contributed by atoms with E-state index in [2.05, 4.69) is 11.9 Å². The average molecular weight is 315 g/mol. The van der Waals surface area contributed by atoms with E-state index in [-0.39, 0.29) is 17.3 Å². The number of hydrogen-bond acceptors (Lipinski definition) is 4. The molecule has 0 unspecified atom stereocenters. The van der Waals surface area contributed by atoms with Crippen LogP contribution in [0, 0.1) is 0 Å². The van der Waals surface area contributed by atoms with Crippen molar-refractivity contribution >= 4 is 17.3 Å². The first-order chi connectivity index (χ1) is 11.1. The van der Waals surface area contributed by atoms with Crippen LogP contribution in [0.2, 0.25) is 0 Å². The first kappa shape index (κ1) is 16.8. The Morgan fingerprint density at radius 2 is 1.83 bits per heavy atom. The number of Topliss-reactive ketones (excluding diaryl/α,β-unsaturated/α-hetero) is 1. The van der Waals surface area contributed by atoms with Crippen LogP contribution in [0.5, 0.6) is 11.5 Å². The van der Waals surface area contributed by atoms with Gasteiger partial charge in [-0.1, -0.05) is 26.0 Å². The van der Waals surface area contributed by atoms with Crippen molar-refractivity contribution in [3.05, 3.63) is 41.5 Å². The van der Waals surface area contributed by atoms with Gasteiger partial charge in [0.2, 0.25) is 0 Å². The molecule has 2 rings (SSSR count). The molecule has 1 aromatic carbocycles. The molecule has 0 bridgehead atoms. The number of allylic oxidation sites excluding steroid dienone is 2. The summed E-state index contributed by atoms with van der Waals surface area (Å²) in [6, 6.07) is 3.31. The fourth-order valence-electron chi connectivity index (χ4n) is 2.59. The molecule has 0 aromatic heterocycles. The summed E-state index contributed by atoms with van der Waals surface area (Å²) in [5.41, 5.74) is 1.72. The molecule has 0 atom stereocenters. The summed E-state index contributed by atoms with van der Waals surface area (Å²) in [6.07, 6.45) is 3.37. The number of unbranched alkanes of at least 4 members (excludes halogenated alkanes) is 1. The number of fused-ring (bicyclic) bond motifs is 1. The molecule has 5 nitrogen and oxygen atoms in total. The normalized spacial score (nSPS) is 12.9. The molecule has 0 saturated heterocycles. The van der Waals surface area contributed by atoms with Crippen LogP contribution in [-0.4, -0.2) is 32.5 Å². The molecular formula is C18H21NO4. The topological polar surface area (TPSA) is 64.6 Å². The van der Waals surface area contributed by atoms with Crippen LogP contribution in [-0.2, 0) is 4.79 Å². The summed E-state index contributed by atoms with van der Waals surface area (Å²) in [6.45, 7) is 6.32. The predicted molar refractivity (Wildman–Crippen MR) is 88.9 cm³/mol. The lowest BCUT2D eigenvalue weighted by molar-refractivity contribution is -0.117. The highest BCUT2D eigenvalue weighted by Crippen LogP contribution is 2.40. The third-order valence-corrected chi connectivity index (χ3v) is 3.80. The zero-order chi connectivity index (χ0) is 17.0. The smallest absolute Gasteiger partial charge is 0.255 e. The number of ketones is 1. The Morgan fingerprint density at radius 1 is 1.22 bits per heavy atom. The van der Waals surface area contributed by atoms with Crippen LogP contribution in [0.15, 0.2) is 30.4 Å². The van der Waals surface area contributed by atoms with Crippen molar-refractivity contribution in [2.24, 2.45) is 0 Å². The van der Waals surface area contributed by atoms with E-state index in [4.69, 9.17) is 9.47 Å². The molecule has 0 fully saturated rings. The van der Waals surface area contributed by atoms with E-state index in [1.54, 1.807) is 12.1 Å². The monoisotopic (exact) mass is 315 g/mol.